The average molecular weight is 499 g/mol. The van der Waals surface area contributed by atoms with Crippen molar-refractivity contribution in [3.05, 3.63) is 95.1 Å². The third kappa shape index (κ3) is 5.39. The molecule has 0 spiro atoms. The van der Waals surface area contributed by atoms with E-state index in [1.54, 1.807) is 37.2 Å². The van der Waals surface area contributed by atoms with E-state index in [1.165, 1.54) is 17.0 Å². The second-order valence-corrected chi connectivity index (χ2v) is 9.25. The van der Waals surface area contributed by atoms with Gasteiger partial charge in [0, 0.05) is 44.0 Å². The zero-order valence-electron chi connectivity index (χ0n) is 21.4. The molecule has 4 rings (SSSR count). The molecule has 190 valence electrons. The van der Waals surface area contributed by atoms with E-state index in [2.05, 4.69) is 5.32 Å². The lowest BCUT2D eigenvalue weighted by molar-refractivity contribution is -0.112. The van der Waals surface area contributed by atoms with Gasteiger partial charge >= 0.3 is 5.97 Å². The van der Waals surface area contributed by atoms with E-state index < -0.39 is 5.97 Å². The van der Waals surface area contributed by atoms with Crippen molar-refractivity contribution in [2.24, 2.45) is 0 Å². The van der Waals surface area contributed by atoms with Crippen molar-refractivity contribution in [2.45, 2.75) is 0 Å². The van der Waals surface area contributed by atoms with Crippen LogP contribution in [0.4, 0.5) is 11.4 Å². The first-order valence-corrected chi connectivity index (χ1v) is 11.9. The minimum absolute atomic E-state index is 0.0641. The number of amides is 2. The van der Waals surface area contributed by atoms with Gasteiger partial charge in [0.15, 0.2) is 0 Å². The zero-order valence-corrected chi connectivity index (χ0v) is 21.4. The summed E-state index contributed by atoms with van der Waals surface area (Å²) in [6.45, 7) is 1.39. The predicted molar refractivity (Wildman–Crippen MR) is 146 cm³/mol. The lowest BCUT2D eigenvalue weighted by Gasteiger charge is -2.20. The number of carboxylic acids is 1. The summed E-state index contributed by atoms with van der Waals surface area (Å²) in [5.41, 5.74) is 4.44. The van der Waals surface area contributed by atoms with Crippen LogP contribution in [0.15, 0.2) is 72.8 Å². The summed E-state index contributed by atoms with van der Waals surface area (Å²) < 4.78 is 0. The quantitative estimate of drug-likeness (QED) is 0.457. The summed E-state index contributed by atoms with van der Waals surface area (Å²) in [6.07, 6.45) is 0. The highest BCUT2D eigenvalue weighted by atomic mass is 16.4. The zero-order chi connectivity index (χ0) is 26.7. The second-order valence-electron chi connectivity index (χ2n) is 9.25. The van der Waals surface area contributed by atoms with Crippen molar-refractivity contribution in [3.8, 4) is 0 Å². The molecular weight excluding hydrogens is 468 g/mol. The van der Waals surface area contributed by atoms with Crippen LogP contribution >= 0.6 is 0 Å². The van der Waals surface area contributed by atoms with Gasteiger partial charge in [0.25, 0.3) is 11.8 Å². The van der Waals surface area contributed by atoms with Crippen molar-refractivity contribution >= 4 is 40.4 Å². The Morgan fingerprint density at radius 3 is 2.14 bits per heavy atom. The first-order valence-electron chi connectivity index (χ1n) is 11.9. The summed E-state index contributed by atoms with van der Waals surface area (Å²) in [5.74, 6) is -1.35. The van der Waals surface area contributed by atoms with Gasteiger partial charge in [-0.2, -0.15) is 0 Å². The number of rotatable bonds is 8. The van der Waals surface area contributed by atoms with Crippen LogP contribution in [0, 0.1) is 0 Å². The molecule has 0 aromatic heterocycles. The highest BCUT2D eigenvalue weighted by Crippen LogP contribution is 2.41. The first kappa shape index (κ1) is 25.7. The number of carbonyl (C=O) groups excluding carboxylic acids is 2. The fourth-order valence-corrected chi connectivity index (χ4v) is 4.18. The molecule has 0 saturated carbocycles. The topological polar surface area (TPSA) is 93.2 Å². The van der Waals surface area contributed by atoms with Crippen LogP contribution < -0.4 is 10.2 Å². The van der Waals surface area contributed by atoms with E-state index >= 15 is 0 Å². The van der Waals surface area contributed by atoms with Gasteiger partial charge < -0.3 is 25.1 Å². The van der Waals surface area contributed by atoms with Gasteiger partial charge in [0.05, 0.1) is 22.5 Å². The number of hydrogen-bond donors (Lipinski definition) is 2. The number of fused-ring (bicyclic) bond motifs is 1. The van der Waals surface area contributed by atoms with Crippen LogP contribution in [0.2, 0.25) is 0 Å². The van der Waals surface area contributed by atoms with Crippen molar-refractivity contribution in [3.63, 3.8) is 0 Å². The molecular formula is C29H30N4O4. The van der Waals surface area contributed by atoms with Crippen LogP contribution in [0.25, 0.3) is 11.3 Å². The SMILES string of the molecule is CN(C)CCN(C)C(=O)c1ccc(N/C(=C2\C(=O)N(C)c3cc(C(=O)O)ccc32)c2ccccc2)cc1. The lowest BCUT2D eigenvalue weighted by atomic mass is 9.99. The molecule has 0 fully saturated rings. The molecule has 8 nitrogen and oxygen atoms in total. The largest absolute Gasteiger partial charge is 0.478 e. The number of nitrogens with zero attached hydrogens (tertiary/aromatic N) is 3. The van der Waals surface area contributed by atoms with Crippen molar-refractivity contribution in [1.29, 1.82) is 0 Å². The Balaban J connectivity index is 1.71. The fraction of sp³-hybridized carbons (Fsp3) is 0.207. The van der Waals surface area contributed by atoms with Crippen LogP contribution in [0.5, 0.6) is 0 Å². The summed E-state index contributed by atoms with van der Waals surface area (Å²) in [5, 5.41) is 12.8. The predicted octanol–water partition coefficient (Wildman–Crippen LogP) is 3.98. The Kier molecular flexibility index (Phi) is 7.40. The first-order chi connectivity index (χ1) is 17.7. The third-order valence-electron chi connectivity index (χ3n) is 6.34. The van der Waals surface area contributed by atoms with Gasteiger partial charge in [-0.05, 0) is 56.1 Å². The maximum atomic E-state index is 13.4. The molecule has 3 aromatic rings. The van der Waals surface area contributed by atoms with Crippen molar-refractivity contribution in [1.82, 2.24) is 9.80 Å². The molecule has 2 N–H and O–H groups in total. The van der Waals surface area contributed by atoms with Crippen molar-refractivity contribution < 1.29 is 19.5 Å². The number of nitrogens with one attached hydrogen (secondary N) is 1. The molecule has 1 aliphatic rings. The molecule has 0 bridgehead atoms. The Morgan fingerprint density at radius 2 is 1.51 bits per heavy atom. The van der Waals surface area contributed by atoms with Gasteiger partial charge in [-0.3, -0.25) is 9.59 Å². The number of anilines is 2. The Hall–Kier alpha value is -4.43. The van der Waals surface area contributed by atoms with Crippen LogP contribution in [0.3, 0.4) is 0 Å². The van der Waals surface area contributed by atoms with Gasteiger partial charge in [-0.15, -0.1) is 0 Å². The highest BCUT2D eigenvalue weighted by Gasteiger charge is 2.33. The number of aromatic carboxylic acids is 1. The molecule has 0 atom stereocenters. The summed E-state index contributed by atoms with van der Waals surface area (Å²) >= 11 is 0. The molecule has 0 saturated heterocycles. The van der Waals surface area contributed by atoms with Gasteiger partial charge in [0.1, 0.15) is 0 Å². The van der Waals surface area contributed by atoms with Gasteiger partial charge in [-0.1, -0.05) is 36.4 Å². The minimum atomic E-state index is -1.05. The van der Waals surface area contributed by atoms with Crippen molar-refractivity contribution in [2.75, 3.05) is 51.5 Å². The molecule has 1 heterocycles. The number of carboxylic acid groups (broad SMARTS) is 1. The minimum Gasteiger partial charge on any atom is -0.478 e. The molecule has 2 amide bonds. The molecule has 37 heavy (non-hydrogen) atoms. The maximum absolute atomic E-state index is 13.4. The summed E-state index contributed by atoms with van der Waals surface area (Å²) in [6, 6.07) is 21.3. The fourth-order valence-electron chi connectivity index (χ4n) is 4.18. The number of likely N-dealkylation sites (N-methyl/N-ethyl adjacent to an activating group) is 3. The number of benzene rings is 3. The molecule has 0 aliphatic carbocycles. The standard InChI is InChI=1S/C29H30N4O4/c1-31(2)16-17-32(3)27(34)20-10-13-22(14-11-20)30-26(19-8-6-5-7-9-19)25-23-15-12-21(29(36)37)18-24(23)33(4)28(25)35/h5-15,18,30H,16-17H2,1-4H3,(H,36,37)/b26-25-. The lowest BCUT2D eigenvalue weighted by Crippen LogP contribution is -2.33. The van der Waals surface area contributed by atoms with Gasteiger partial charge in [0.2, 0.25) is 0 Å². The molecule has 0 unspecified atom stereocenters. The smallest absolute Gasteiger partial charge is 0.335 e. The Bertz CT molecular complexity index is 1360. The Morgan fingerprint density at radius 1 is 0.865 bits per heavy atom. The average Bonchev–Trinajstić information content (AvgIpc) is 3.15. The molecule has 0 radical (unpaired) electrons. The van der Waals surface area contributed by atoms with E-state index in [0.717, 1.165) is 12.1 Å². The van der Waals surface area contributed by atoms with E-state index in [0.29, 0.717) is 40.3 Å². The highest BCUT2D eigenvalue weighted by molar-refractivity contribution is 6.38. The van der Waals surface area contributed by atoms with Crippen LogP contribution in [0.1, 0.15) is 31.8 Å². The summed E-state index contributed by atoms with van der Waals surface area (Å²) in [7, 11) is 7.35. The van der Waals surface area contributed by atoms with Gasteiger partial charge in [-0.25, -0.2) is 4.79 Å². The second kappa shape index (κ2) is 10.7. The van der Waals surface area contributed by atoms with E-state index in [-0.39, 0.29) is 17.4 Å². The number of hydrogen-bond acceptors (Lipinski definition) is 5. The van der Waals surface area contributed by atoms with Crippen LogP contribution in [-0.2, 0) is 4.79 Å². The molecule has 8 heteroatoms. The maximum Gasteiger partial charge on any atom is 0.335 e. The Labute approximate surface area is 216 Å². The molecule has 1 aliphatic heterocycles. The summed E-state index contributed by atoms with van der Waals surface area (Å²) in [4.78, 5) is 42.9. The monoisotopic (exact) mass is 498 g/mol. The third-order valence-corrected chi connectivity index (χ3v) is 6.34. The van der Waals surface area contributed by atoms with Crippen LogP contribution in [-0.4, -0.2) is 74.0 Å². The molecule has 3 aromatic carbocycles. The van der Waals surface area contributed by atoms with E-state index in [4.69, 9.17) is 0 Å². The van der Waals surface area contributed by atoms with E-state index in [9.17, 15) is 19.5 Å². The number of carbonyl (C=O) groups is 3. The normalized spacial score (nSPS) is 14.0. The van der Waals surface area contributed by atoms with E-state index in [1.807, 2.05) is 61.5 Å².